The minimum Gasteiger partial charge on any atom is -0.356 e. The summed E-state index contributed by atoms with van der Waals surface area (Å²) in [6.07, 6.45) is 2.73. The van der Waals surface area contributed by atoms with Gasteiger partial charge in [-0.05, 0) is 30.2 Å². The molecular formula is C19H25ClIN5. The minimum atomic E-state index is 0. The number of aromatic nitrogens is 1. The van der Waals surface area contributed by atoms with Crippen LogP contribution in [0, 0.1) is 0 Å². The van der Waals surface area contributed by atoms with Gasteiger partial charge in [0.15, 0.2) is 5.96 Å². The van der Waals surface area contributed by atoms with Crippen LogP contribution in [-0.2, 0) is 6.42 Å². The Kier molecular flexibility index (Phi) is 8.44. The first-order valence-corrected chi connectivity index (χ1v) is 9.00. The van der Waals surface area contributed by atoms with Gasteiger partial charge in [-0.15, -0.1) is 24.0 Å². The summed E-state index contributed by atoms with van der Waals surface area (Å²) < 4.78 is 0. The molecular weight excluding hydrogens is 461 g/mol. The molecule has 0 unspecified atom stereocenters. The van der Waals surface area contributed by atoms with Crippen LogP contribution in [0.3, 0.4) is 0 Å². The third-order valence-electron chi connectivity index (χ3n) is 4.40. The maximum Gasteiger partial charge on any atom is 0.193 e. The smallest absolute Gasteiger partial charge is 0.193 e. The van der Waals surface area contributed by atoms with Gasteiger partial charge in [0.1, 0.15) is 5.82 Å². The largest absolute Gasteiger partial charge is 0.356 e. The van der Waals surface area contributed by atoms with E-state index in [0.29, 0.717) is 0 Å². The Morgan fingerprint density at radius 1 is 1.12 bits per heavy atom. The lowest BCUT2D eigenvalue weighted by Crippen LogP contribution is -2.53. The number of halogens is 2. The van der Waals surface area contributed by atoms with Gasteiger partial charge >= 0.3 is 0 Å². The third-order valence-corrected chi connectivity index (χ3v) is 4.77. The lowest BCUT2D eigenvalue weighted by Gasteiger charge is -2.37. The van der Waals surface area contributed by atoms with Gasteiger partial charge in [-0.1, -0.05) is 35.9 Å². The van der Waals surface area contributed by atoms with Gasteiger partial charge in [-0.25, -0.2) is 4.98 Å². The van der Waals surface area contributed by atoms with Crippen LogP contribution in [-0.4, -0.2) is 55.6 Å². The molecule has 2 heterocycles. The van der Waals surface area contributed by atoms with Gasteiger partial charge in [0.05, 0.1) is 0 Å². The van der Waals surface area contributed by atoms with E-state index in [9.17, 15) is 0 Å². The summed E-state index contributed by atoms with van der Waals surface area (Å²) in [7, 11) is 1.84. The Hall–Kier alpha value is -1.54. The van der Waals surface area contributed by atoms with Crippen molar-refractivity contribution < 1.29 is 0 Å². The van der Waals surface area contributed by atoms with Crippen molar-refractivity contribution in [2.75, 3.05) is 44.7 Å². The van der Waals surface area contributed by atoms with E-state index in [-0.39, 0.29) is 24.0 Å². The average molecular weight is 486 g/mol. The first-order chi connectivity index (χ1) is 12.3. The molecule has 1 aliphatic heterocycles. The van der Waals surface area contributed by atoms with Crippen molar-refractivity contribution in [3.8, 4) is 0 Å². The first-order valence-electron chi connectivity index (χ1n) is 8.63. The molecule has 0 radical (unpaired) electrons. The van der Waals surface area contributed by atoms with Gasteiger partial charge in [0.25, 0.3) is 0 Å². The molecule has 1 aromatic carbocycles. The molecule has 5 nitrogen and oxygen atoms in total. The van der Waals surface area contributed by atoms with E-state index >= 15 is 0 Å². The number of nitrogens with zero attached hydrogens (tertiary/aromatic N) is 4. The second-order valence-corrected chi connectivity index (χ2v) is 6.38. The van der Waals surface area contributed by atoms with Gasteiger partial charge in [-0.2, -0.15) is 0 Å². The molecule has 0 aliphatic carbocycles. The second-order valence-electron chi connectivity index (χ2n) is 5.98. The van der Waals surface area contributed by atoms with Crippen molar-refractivity contribution >= 4 is 47.4 Å². The summed E-state index contributed by atoms with van der Waals surface area (Å²) >= 11 is 6.22. The molecule has 1 N–H and O–H groups in total. The fraction of sp³-hybridized carbons (Fsp3) is 0.368. The predicted molar refractivity (Wildman–Crippen MR) is 120 cm³/mol. The van der Waals surface area contributed by atoms with E-state index in [1.54, 1.807) is 0 Å². The van der Waals surface area contributed by atoms with Crippen molar-refractivity contribution in [2.45, 2.75) is 6.42 Å². The number of benzene rings is 1. The van der Waals surface area contributed by atoms with Crippen molar-refractivity contribution in [1.82, 2.24) is 15.2 Å². The van der Waals surface area contributed by atoms with E-state index in [4.69, 9.17) is 11.6 Å². The van der Waals surface area contributed by atoms with Gasteiger partial charge < -0.3 is 15.1 Å². The third kappa shape index (κ3) is 5.48. The Morgan fingerprint density at radius 2 is 1.85 bits per heavy atom. The van der Waals surface area contributed by atoms with Gasteiger partial charge in [-0.3, -0.25) is 4.99 Å². The highest BCUT2D eigenvalue weighted by Gasteiger charge is 2.20. The zero-order chi connectivity index (χ0) is 17.5. The van der Waals surface area contributed by atoms with Gasteiger partial charge in [0.2, 0.25) is 0 Å². The fourth-order valence-electron chi connectivity index (χ4n) is 3.03. The van der Waals surface area contributed by atoms with Crippen molar-refractivity contribution in [2.24, 2.45) is 4.99 Å². The molecule has 1 aromatic heterocycles. The number of guanidine groups is 1. The SMILES string of the molecule is CN=C(NCCc1ccccc1Cl)N1CCN(c2ccccn2)CC1.I. The highest BCUT2D eigenvalue weighted by Crippen LogP contribution is 2.15. The molecule has 140 valence electrons. The zero-order valence-corrected chi connectivity index (χ0v) is 18.0. The van der Waals surface area contributed by atoms with Crippen LogP contribution < -0.4 is 10.2 Å². The number of aliphatic imine (C=N–C) groups is 1. The summed E-state index contributed by atoms with van der Waals surface area (Å²) in [6.45, 7) is 4.58. The first kappa shape index (κ1) is 20.8. The molecule has 0 atom stereocenters. The summed E-state index contributed by atoms with van der Waals surface area (Å²) in [5.74, 6) is 2.00. The van der Waals surface area contributed by atoms with E-state index in [1.165, 1.54) is 0 Å². The number of piperazine rings is 1. The number of pyridine rings is 1. The molecule has 7 heteroatoms. The van der Waals surface area contributed by atoms with Crippen LogP contribution >= 0.6 is 35.6 Å². The van der Waals surface area contributed by atoms with Crippen LogP contribution in [0.5, 0.6) is 0 Å². The van der Waals surface area contributed by atoms with Crippen LogP contribution in [0.25, 0.3) is 0 Å². The fourth-order valence-corrected chi connectivity index (χ4v) is 3.26. The normalized spacial score (nSPS) is 14.8. The quantitative estimate of drug-likeness (QED) is 0.410. The van der Waals surface area contributed by atoms with Crippen molar-refractivity contribution in [3.63, 3.8) is 0 Å². The maximum absolute atomic E-state index is 6.22. The predicted octanol–water partition coefficient (Wildman–Crippen LogP) is 3.29. The molecule has 1 saturated heterocycles. The van der Waals surface area contributed by atoms with E-state index in [0.717, 1.165) is 61.5 Å². The maximum atomic E-state index is 6.22. The standard InChI is InChI=1S/C19H24ClN5.HI/c1-21-19(23-11-9-16-6-2-3-7-17(16)20)25-14-12-24(13-15-25)18-8-4-5-10-22-18;/h2-8,10H,9,11-15H2,1H3,(H,21,23);1H. The topological polar surface area (TPSA) is 43.8 Å². The lowest BCUT2D eigenvalue weighted by atomic mass is 10.1. The summed E-state index contributed by atoms with van der Waals surface area (Å²) in [5, 5.41) is 4.28. The average Bonchev–Trinajstić information content (AvgIpc) is 2.67. The van der Waals surface area contributed by atoms with E-state index in [2.05, 4.69) is 37.2 Å². The van der Waals surface area contributed by atoms with E-state index in [1.807, 2.05) is 43.6 Å². The number of hydrogen-bond acceptors (Lipinski definition) is 3. The van der Waals surface area contributed by atoms with Crippen LogP contribution in [0.4, 0.5) is 5.82 Å². The highest BCUT2D eigenvalue weighted by atomic mass is 127. The Balaban J connectivity index is 0.00000243. The minimum absolute atomic E-state index is 0. The Labute approximate surface area is 177 Å². The van der Waals surface area contributed by atoms with Crippen LogP contribution in [0.15, 0.2) is 53.7 Å². The molecule has 1 aliphatic rings. The van der Waals surface area contributed by atoms with Crippen molar-refractivity contribution in [1.29, 1.82) is 0 Å². The highest BCUT2D eigenvalue weighted by molar-refractivity contribution is 14.0. The summed E-state index contributed by atoms with van der Waals surface area (Å²) in [6, 6.07) is 14.0. The Bertz CT molecular complexity index is 702. The molecule has 0 saturated carbocycles. The Morgan fingerprint density at radius 3 is 2.50 bits per heavy atom. The lowest BCUT2D eigenvalue weighted by molar-refractivity contribution is 0.372. The molecule has 3 rings (SSSR count). The number of hydrogen-bond donors (Lipinski definition) is 1. The number of anilines is 1. The second kappa shape index (κ2) is 10.6. The summed E-state index contributed by atoms with van der Waals surface area (Å²) in [5.41, 5.74) is 1.16. The number of nitrogens with one attached hydrogen (secondary N) is 1. The molecule has 0 amide bonds. The van der Waals surface area contributed by atoms with Crippen LogP contribution in [0.2, 0.25) is 5.02 Å². The van der Waals surface area contributed by atoms with E-state index < -0.39 is 0 Å². The zero-order valence-electron chi connectivity index (χ0n) is 14.9. The van der Waals surface area contributed by atoms with Crippen molar-refractivity contribution in [3.05, 3.63) is 59.2 Å². The summed E-state index contributed by atoms with van der Waals surface area (Å²) in [4.78, 5) is 13.5. The molecule has 2 aromatic rings. The number of rotatable bonds is 4. The molecule has 1 fully saturated rings. The van der Waals surface area contributed by atoms with Crippen LogP contribution in [0.1, 0.15) is 5.56 Å². The van der Waals surface area contributed by atoms with Gasteiger partial charge in [0, 0.05) is 51.0 Å². The molecule has 26 heavy (non-hydrogen) atoms. The molecule has 0 spiro atoms. The monoisotopic (exact) mass is 485 g/mol. The molecule has 0 bridgehead atoms.